The van der Waals surface area contributed by atoms with E-state index in [0.29, 0.717) is 23.9 Å². The Balaban J connectivity index is 1.47. The molecule has 1 unspecified atom stereocenters. The molecule has 4 rings (SSSR count). The maximum absolute atomic E-state index is 12.6. The van der Waals surface area contributed by atoms with Crippen LogP contribution in [0, 0.1) is 5.92 Å². The number of aromatic nitrogens is 3. The zero-order chi connectivity index (χ0) is 16.5. The molecule has 1 amide bonds. The number of piperidine rings is 1. The molecule has 1 saturated heterocycles. The van der Waals surface area contributed by atoms with E-state index < -0.39 is 0 Å². The first-order valence-electron chi connectivity index (χ1n) is 8.67. The van der Waals surface area contributed by atoms with Crippen LogP contribution in [-0.4, -0.2) is 50.8 Å². The van der Waals surface area contributed by atoms with Gasteiger partial charge in [0.05, 0.1) is 0 Å². The smallest absolute Gasteiger partial charge is 0.253 e. The average Bonchev–Trinajstić information content (AvgIpc) is 3.38. The van der Waals surface area contributed by atoms with Crippen LogP contribution in [0.1, 0.15) is 47.8 Å². The van der Waals surface area contributed by atoms with Crippen molar-refractivity contribution >= 4 is 5.91 Å². The van der Waals surface area contributed by atoms with Gasteiger partial charge in [0.25, 0.3) is 5.91 Å². The summed E-state index contributed by atoms with van der Waals surface area (Å²) < 4.78 is 0. The van der Waals surface area contributed by atoms with Gasteiger partial charge in [-0.1, -0.05) is 12.1 Å². The van der Waals surface area contributed by atoms with E-state index in [2.05, 4.69) is 15.2 Å². The van der Waals surface area contributed by atoms with Gasteiger partial charge >= 0.3 is 0 Å². The van der Waals surface area contributed by atoms with Crippen molar-refractivity contribution in [3.8, 4) is 11.4 Å². The first-order valence-corrected chi connectivity index (χ1v) is 8.67. The van der Waals surface area contributed by atoms with Crippen molar-refractivity contribution in [2.24, 2.45) is 5.92 Å². The third-order valence-corrected chi connectivity index (χ3v) is 4.92. The van der Waals surface area contributed by atoms with E-state index in [0.717, 1.165) is 30.8 Å². The number of benzene rings is 1. The Labute approximate surface area is 140 Å². The Hall–Kier alpha value is -2.21. The zero-order valence-corrected chi connectivity index (χ0v) is 13.6. The van der Waals surface area contributed by atoms with Crippen LogP contribution in [-0.2, 0) is 0 Å². The van der Waals surface area contributed by atoms with Gasteiger partial charge in [0.2, 0.25) is 0 Å². The first kappa shape index (κ1) is 15.3. The molecular weight excluding hydrogens is 304 g/mol. The molecule has 1 aliphatic carbocycles. The fourth-order valence-corrected chi connectivity index (χ4v) is 3.29. The topological polar surface area (TPSA) is 82.1 Å². The van der Waals surface area contributed by atoms with E-state index in [4.69, 9.17) is 0 Å². The van der Waals surface area contributed by atoms with Crippen LogP contribution in [0.15, 0.2) is 24.3 Å². The zero-order valence-electron chi connectivity index (χ0n) is 13.6. The van der Waals surface area contributed by atoms with Gasteiger partial charge in [-0.2, -0.15) is 5.10 Å². The van der Waals surface area contributed by atoms with E-state index in [1.54, 1.807) is 0 Å². The van der Waals surface area contributed by atoms with Gasteiger partial charge in [-0.25, -0.2) is 4.98 Å². The molecule has 0 radical (unpaired) electrons. The van der Waals surface area contributed by atoms with E-state index in [1.807, 2.05) is 29.2 Å². The number of carbonyl (C=O) groups excluding carboxylic acids is 1. The number of aromatic amines is 1. The number of rotatable bonds is 4. The summed E-state index contributed by atoms with van der Waals surface area (Å²) in [5.41, 5.74) is 1.59. The minimum atomic E-state index is 0.0355. The van der Waals surface area contributed by atoms with Gasteiger partial charge in [0.15, 0.2) is 5.82 Å². The molecule has 0 bridgehead atoms. The molecule has 6 heteroatoms. The van der Waals surface area contributed by atoms with Crippen molar-refractivity contribution in [1.29, 1.82) is 0 Å². The van der Waals surface area contributed by atoms with E-state index in [1.165, 1.54) is 12.8 Å². The number of nitrogens with one attached hydrogen (secondary N) is 1. The van der Waals surface area contributed by atoms with E-state index in [-0.39, 0.29) is 18.4 Å². The molecule has 1 aliphatic heterocycles. The molecule has 2 N–H and O–H groups in total. The molecule has 2 heterocycles. The van der Waals surface area contributed by atoms with Gasteiger partial charge < -0.3 is 10.0 Å². The Bertz CT molecular complexity index is 721. The highest BCUT2D eigenvalue weighted by molar-refractivity contribution is 5.94. The quantitative estimate of drug-likeness (QED) is 0.902. The highest BCUT2D eigenvalue weighted by Crippen LogP contribution is 2.38. The molecule has 0 spiro atoms. The third kappa shape index (κ3) is 3.06. The lowest BCUT2D eigenvalue weighted by atomic mass is 9.98. The average molecular weight is 326 g/mol. The van der Waals surface area contributed by atoms with E-state index in [9.17, 15) is 9.90 Å². The van der Waals surface area contributed by atoms with E-state index >= 15 is 0 Å². The summed E-state index contributed by atoms with van der Waals surface area (Å²) in [5, 5.41) is 16.6. The van der Waals surface area contributed by atoms with Crippen LogP contribution in [0.5, 0.6) is 0 Å². The summed E-state index contributed by atoms with van der Waals surface area (Å²) in [6.45, 7) is 1.56. The molecule has 126 valence electrons. The highest BCUT2D eigenvalue weighted by atomic mass is 16.3. The minimum absolute atomic E-state index is 0.0355. The summed E-state index contributed by atoms with van der Waals surface area (Å²) in [4.78, 5) is 19.0. The molecule has 2 aliphatic rings. The van der Waals surface area contributed by atoms with Crippen LogP contribution < -0.4 is 0 Å². The molecular formula is C18H22N4O2. The van der Waals surface area contributed by atoms with Crippen LogP contribution in [0.2, 0.25) is 0 Å². The predicted octanol–water partition coefficient (Wildman–Crippen LogP) is 2.19. The number of aliphatic hydroxyl groups is 1. The summed E-state index contributed by atoms with van der Waals surface area (Å²) in [7, 11) is 0. The number of hydrogen-bond acceptors (Lipinski definition) is 4. The predicted molar refractivity (Wildman–Crippen MR) is 89.5 cm³/mol. The normalized spacial score (nSPS) is 21.0. The van der Waals surface area contributed by atoms with Gasteiger partial charge in [0.1, 0.15) is 5.82 Å². The van der Waals surface area contributed by atoms with Crippen molar-refractivity contribution in [3.05, 3.63) is 35.7 Å². The fourth-order valence-electron chi connectivity index (χ4n) is 3.29. The number of hydrogen-bond donors (Lipinski definition) is 2. The second kappa shape index (κ2) is 6.36. The molecule has 2 fully saturated rings. The van der Waals surface area contributed by atoms with Crippen molar-refractivity contribution in [3.63, 3.8) is 0 Å². The molecule has 1 aromatic carbocycles. The maximum Gasteiger partial charge on any atom is 0.253 e. The fraction of sp³-hybridized carbons (Fsp3) is 0.500. The number of carbonyl (C=O) groups is 1. The highest BCUT2D eigenvalue weighted by Gasteiger charge is 2.27. The largest absolute Gasteiger partial charge is 0.396 e. The van der Waals surface area contributed by atoms with Crippen LogP contribution >= 0.6 is 0 Å². The second-order valence-corrected chi connectivity index (χ2v) is 6.84. The standard InChI is InChI=1S/C18H22N4O2/c23-11-12-2-1-9-22(10-12)18(24)15-7-5-14(6-8-15)17-19-16(20-21-17)13-3-4-13/h5-8,12-13,23H,1-4,9-11H2,(H,19,20,21). The lowest BCUT2D eigenvalue weighted by molar-refractivity contribution is 0.0620. The molecule has 24 heavy (non-hydrogen) atoms. The van der Waals surface area contributed by atoms with Gasteiger partial charge in [-0.05, 0) is 43.7 Å². The van der Waals surface area contributed by atoms with Crippen LogP contribution in [0.4, 0.5) is 0 Å². The Kier molecular flexibility index (Phi) is 4.06. The second-order valence-electron chi connectivity index (χ2n) is 6.84. The summed E-state index contributed by atoms with van der Waals surface area (Å²) in [5.74, 6) is 2.44. The summed E-state index contributed by atoms with van der Waals surface area (Å²) >= 11 is 0. The molecule has 1 saturated carbocycles. The van der Waals surface area contributed by atoms with Crippen molar-refractivity contribution in [1.82, 2.24) is 20.1 Å². The lowest BCUT2D eigenvalue weighted by Crippen LogP contribution is -2.40. The van der Waals surface area contributed by atoms with Crippen molar-refractivity contribution in [2.45, 2.75) is 31.6 Å². The first-order chi connectivity index (χ1) is 11.7. The number of likely N-dealkylation sites (tertiary alicyclic amines) is 1. The minimum Gasteiger partial charge on any atom is -0.396 e. The summed E-state index contributed by atoms with van der Waals surface area (Å²) in [6, 6.07) is 7.49. The number of aliphatic hydroxyl groups excluding tert-OH is 1. The lowest BCUT2D eigenvalue weighted by Gasteiger charge is -2.31. The van der Waals surface area contributed by atoms with Crippen molar-refractivity contribution in [2.75, 3.05) is 19.7 Å². The molecule has 6 nitrogen and oxygen atoms in total. The monoisotopic (exact) mass is 326 g/mol. The molecule has 1 atom stereocenters. The Morgan fingerprint density at radius 2 is 2.04 bits per heavy atom. The third-order valence-electron chi connectivity index (χ3n) is 4.92. The number of amides is 1. The van der Waals surface area contributed by atoms with Crippen LogP contribution in [0.3, 0.4) is 0 Å². The maximum atomic E-state index is 12.6. The van der Waals surface area contributed by atoms with Crippen molar-refractivity contribution < 1.29 is 9.90 Å². The number of nitrogens with zero attached hydrogens (tertiary/aromatic N) is 3. The Morgan fingerprint density at radius 3 is 2.75 bits per heavy atom. The number of H-pyrrole nitrogens is 1. The molecule has 1 aromatic heterocycles. The van der Waals surface area contributed by atoms with Crippen LogP contribution in [0.25, 0.3) is 11.4 Å². The molecule has 2 aromatic rings. The van der Waals surface area contributed by atoms with Gasteiger partial charge in [-0.15, -0.1) is 0 Å². The van der Waals surface area contributed by atoms with Gasteiger partial charge in [-0.3, -0.25) is 9.89 Å². The Morgan fingerprint density at radius 1 is 1.25 bits per heavy atom. The summed E-state index contributed by atoms with van der Waals surface area (Å²) in [6.07, 6.45) is 4.32. The SMILES string of the molecule is O=C(c1ccc(-c2n[nH]c(C3CC3)n2)cc1)N1CCCC(CO)C1. The van der Waals surface area contributed by atoms with Gasteiger partial charge in [0, 0.05) is 36.7 Å².